The molecular weight excluding hydrogens is 460 g/mol. The lowest BCUT2D eigenvalue weighted by Crippen LogP contribution is -2.49. The predicted octanol–water partition coefficient (Wildman–Crippen LogP) is 5.24. The molecule has 1 saturated heterocycles. The van der Waals surface area contributed by atoms with Crippen molar-refractivity contribution in [3.63, 3.8) is 0 Å². The predicted molar refractivity (Wildman–Crippen MR) is 147 cm³/mol. The van der Waals surface area contributed by atoms with Gasteiger partial charge in [0, 0.05) is 63.0 Å². The van der Waals surface area contributed by atoms with Gasteiger partial charge in [-0.15, -0.1) is 0 Å². The minimum absolute atomic E-state index is 0.0981. The van der Waals surface area contributed by atoms with Crippen molar-refractivity contribution in [2.75, 3.05) is 37.9 Å². The highest BCUT2D eigenvalue weighted by atomic mass is 16.5. The molecule has 6 nitrogen and oxygen atoms in total. The molecule has 5 aromatic rings. The molecule has 7 rings (SSSR count). The van der Waals surface area contributed by atoms with Crippen LogP contribution in [0, 0.1) is 13.8 Å². The largest absolute Gasteiger partial charge is 0.379 e. The van der Waals surface area contributed by atoms with Gasteiger partial charge in [-0.3, -0.25) is 14.6 Å². The van der Waals surface area contributed by atoms with E-state index in [1.807, 2.05) is 23.1 Å². The Labute approximate surface area is 215 Å². The first kappa shape index (κ1) is 22.3. The quantitative estimate of drug-likeness (QED) is 0.362. The number of nitrogens with zero attached hydrogens (tertiary/aromatic N) is 2. The maximum atomic E-state index is 15.2. The summed E-state index contributed by atoms with van der Waals surface area (Å²) < 4.78 is 5.59. The number of fused-ring (bicyclic) bond motifs is 3. The zero-order valence-corrected chi connectivity index (χ0v) is 21.2. The van der Waals surface area contributed by atoms with Crippen LogP contribution in [0.25, 0.3) is 21.8 Å². The van der Waals surface area contributed by atoms with Gasteiger partial charge in [-0.25, -0.2) is 0 Å². The van der Waals surface area contributed by atoms with Gasteiger partial charge in [0.15, 0.2) is 0 Å². The minimum Gasteiger partial charge on any atom is -0.379 e. The highest BCUT2D eigenvalue weighted by molar-refractivity contribution is 6.17. The Bertz CT molecular complexity index is 1580. The van der Waals surface area contributed by atoms with Crippen molar-refractivity contribution in [3.05, 3.63) is 101 Å². The highest BCUT2D eigenvalue weighted by Gasteiger charge is 2.56. The maximum absolute atomic E-state index is 15.2. The second-order valence-electron chi connectivity index (χ2n) is 10.2. The van der Waals surface area contributed by atoms with Crippen LogP contribution in [0.3, 0.4) is 0 Å². The van der Waals surface area contributed by atoms with E-state index < -0.39 is 5.41 Å². The third-order valence-corrected chi connectivity index (χ3v) is 8.15. The summed E-state index contributed by atoms with van der Waals surface area (Å²) in [5, 5.41) is 2.17. The number of aryl methyl sites for hydroxylation is 2. The number of anilines is 1. The number of ether oxygens (including phenoxy) is 1. The number of morpholine rings is 1. The minimum atomic E-state index is -0.990. The molecule has 3 aromatic carbocycles. The summed E-state index contributed by atoms with van der Waals surface area (Å²) in [7, 11) is 0. The number of amides is 1. The Hall–Kier alpha value is -3.87. The first-order valence-corrected chi connectivity index (χ1v) is 13.0. The molecule has 0 radical (unpaired) electrons. The number of rotatable bonds is 4. The van der Waals surface area contributed by atoms with Gasteiger partial charge in [0.2, 0.25) is 5.91 Å². The van der Waals surface area contributed by atoms with Crippen LogP contribution in [0.5, 0.6) is 0 Å². The number of nitrogens with one attached hydrogen (secondary N) is 2. The third kappa shape index (κ3) is 3.09. The first-order chi connectivity index (χ1) is 18.1. The average molecular weight is 491 g/mol. The van der Waals surface area contributed by atoms with Crippen LogP contribution in [0.4, 0.5) is 5.69 Å². The van der Waals surface area contributed by atoms with Gasteiger partial charge >= 0.3 is 0 Å². The summed E-state index contributed by atoms with van der Waals surface area (Å²) in [5.41, 5.74) is 7.23. The molecule has 0 aliphatic carbocycles. The van der Waals surface area contributed by atoms with Crippen molar-refractivity contribution in [2.45, 2.75) is 19.3 Å². The summed E-state index contributed by atoms with van der Waals surface area (Å²) in [6.45, 7) is 7.76. The summed E-state index contributed by atoms with van der Waals surface area (Å²) in [5.74, 6) is 0.0981. The van der Waals surface area contributed by atoms with E-state index in [1.165, 1.54) is 0 Å². The van der Waals surface area contributed by atoms with E-state index in [1.54, 1.807) is 0 Å². The zero-order valence-electron chi connectivity index (χ0n) is 21.2. The van der Waals surface area contributed by atoms with Gasteiger partial charge in [-0.05, 0) is 32.0 Å². The molecule has 0 spiro atoms. The second-order valence-corrected chi connectivity index (χ2v) is 10.2. The zero-order chi connectivity index (χ0) is 25.1. The fraction of sp³-hybridized carbons (Fsp3) is 0.258. The van der Waals surface area contributed by atoms with Gasteiger partial charge in [-0.1, -0.05) is 54.6 Å². The standard InChI is InChI=1S/C31H30N4O2/c1-20-28(22-9-3-6-12-25(22)32-20)31(29-21(2)33-26-13-7-4-10-23(26)29)24-11-5-8-14-27(24)35(30(31)36)19-34-15-17-37-18-16-34/h3-14,32-33H,15-19H2,1-2H3. The fourth-order valence-electron chi connectivity index (χ4n) is 6.66. The molecule has 37 heavy (non-hydrogen) atoms. The molecule has 0 atom stereocenters. The Morgan fingerprint density at radius 2 is 1.32 bits per heavy atom. The number of carbonyl (C=O) groups excluding carboxylic acids is 1. The molecule has 6 heteroatoms. The molecule has 0 unspecified atom stereocenters. The first-order valence-electron chi connectivity index (χ1n) is 13.0. The van der Waals surface area contributed by atoms with Crippen LogP contribution < -0.4 is 4.90 Å². The molecule has 2 aliphatic heterocycles. The lowest BCUT2D eigenvalue weighted by atomic mass is 9.68. The number of carbonyl (C=O) groups is 1. The lowest BCUT2D eigenvalue weighted by molar-refractivity contribution is -0.121. The van der Waals surface area contributed by atoms with Crippen LogP contribution >= 0.6 is 0 Å². The SMILES string of the molecule is Cc1[nH]c2ccccc2c1C1(c2c(C)[nH]c3ccccc23)C(=O)N(CN2CCOCC2)c2ccccc21. The highest BCUT2D eigenvalue weighted by Crippen LogP contribution is 2.55. The number of benzene rings is 3. The molecule has 2 aliphatic rings. The van der Waals surface area contributed by atoms with Crippen molar-refractivity contribution in [3.8, 4) is 0 Å². The van der Waals surface area contributed by atoms with Crippen molar-refractivity contribution < 1.29 is 9.53 Å². The molecule has 186 valence electrons. The summed E-state index contributed by atoms with van der Waals surface area (Å²) in [6, 6.07) is 25.0. The topological polar surface area (TPSA) is 64.4 Å². The van der Waals surface area contributed by atoms with Gasteiger partial charge in [0.25, 0.3) is 0 Å². The molecule has 1 amide bonds. The van der Waals surface area contributed by atoms with Crippen LogP contribution in [-0.2, 0) is 14.9 Å². The van der Waals surface area contributed by atoms with Gasteiger partial charge < -0.3 is 14.7 Å². The van der Waals surface area contributed by atoms with Crippen LogP contribution in [0.15, 0.2) is 72.8 Å². The molecule has 1 fully saturated rings. The van der Waals surface area contributed by atoms with Crippen LogP contribution in [0.2, 0.25) is 0 Å². The number of aromatic nitrogens is 2. The number of H-pyrrole nitrogens is 2. The monoisotopic (exact) mass is 490 g/mol. The summed E-state index contributed by atoms with van der Waals surface area (Å²) in [6.07, 6.45) is 0. The van der Waals surface area contributed by atoms with E-state index in [2.05, 4.69) is 83.3 Å². The Morgan fingerprint density at radius 3 is 1.95 bits per heavy atom. The van der Waals surface area contributed by atoms with Gasteiger partial charge in [0.05, 0.1) is 25.6 Å². The molecule has 2 aromatic heterocycles. The van der Waals surface area contributed by atoms with E-state index >= 15 is 4.79 Å². The van der Waals surface area contributed by atoms with Crippen molar-refractivity contribution >= 4 is 33.4 Å². The number of para-hydroxylation sites is 3. The second kappa shape index (κ2) is 8.33. The third-order valence-electron chi connectivity index (χ3n) is 8.15. The number of hydrogen-bond acceptors (Lipinski definition) is 3. The molecule has 4 heterocycles. The van der Waals surface area contributed by atoms with Crippen molar-refractivity contribution in [1.29, 1.82) is 0 Å². The maximum Gasteiger partial charge on any atom is 0.248 e. The van der Waals surface area contributed by atoms with Gasteiger partial charge in [-0.2, -0.15) is 0 Å². The molecule has 0 saturated carbocycles. The van der Waals surface area contributed by atoms with Crippen LogP contribution in [0.1, 0.15) is 28.1 Å². The smallest absolute Gasteiger partial charge is 0.248 e. The van der Waals surface area contributed by atoms with Crippen LogP contribution in [-0.4, -0.2) is 53.7 Å². The average Bonchev–Trinajstić information content (AvgIpc) is 3.52. The lowest BCUT2D eigenvalue weighted by Gasteiger charge is -2.34. The molecule has 0 bridgehead atoms. The summed E-state index contributed by atoms with van der Waals surface area (Å²) in [4.78, 5) is 26.7. The Morgan fingerprint density at radius 1 is 0.784 bits per heavy atom. The van der Waals surface area contributed by atoms with Gasteiger partial charge in [0.1, 0.15) is 5.41 Å². The van der Waals surface area contributed by atoms with E-state index in [4.69, 9.17) is 4.74 Å². The van der Waals surface area contributed by atoms with Crippen molar-refractivity contribution in [1.82, 2.24) is 14.9 Å². The fourth-order valence-corrected chi connectivity index (χ4v) is 6.66. The number of hydrogen-bond donors (Lipinski definition) is 2. The van der Waals surface area contributed by atoms with Crippen molar-refractivity contribution in [2.24, 2.45) is 0 Å². The van der Waals surface area contributed by atoms with E-state index in [0.717, 1.165) is 68.7 Å². The molecule has 2 N–H and O–H groups in total. The Kier molecular flexibility index (Phi) is 5.03. The summed E-state index contributed by atoms with van der Waals surface area (Å²) >= 11 is 0. The molecular formula is C31H30N4O2. The number of aromatic amines is 2. The normalized spacial score (nSPS) is 17.7. The Balaban J connectivity index is 1.58. The van der Waals surface area contributed by atoms with E-state index in [0.29, 0.717) is 19.9 Å². The van der Waals surface area contributed by atoms with E-state index in [-0.39, 0.29) is 5.91 Å². The van der Waals surface area contributed by atoms with E-state index in [9.17, 15) is 0 Å².